The van der Waals surface area contributed by atoms with Crippen molar-refractivity contribution in [3.05, 3.63) is 28.8 Å². The van der Waals surface area contributed by atoms with Crippen LogP contribution in [0.4, 0.5) is 5.69 Å². The normalized spacial score (nSPS) is 24.6. The van der Waals surface area contributed by atoms with Gasteiger partial charge in [-0.25, -0.2) is 0 Å². The fourth-order valence-electron chi connectivity index (χ4n) is 2.59. The molecule has 1 aromatic rings. The van der Waals surface area contributed by atoms with Crippen LogP contribution >= 0.6 is 11.6 Å². The van der Waals surface area contributed by atoms with Crippen molar-refractivity contribution in [2.24, 2.45) is 11.8 Å². The molecular formula is C15H22ClN. The first-order valence-corrected chi connectivity index (χ1v) is 7.03. The smallest absolute Gasteiger partial charge is 0.0455 e. The van der Waals surface area contributed by atoms with E-state index in [1.54, 1.807) is 0 Å². The summed E-state index contributed by atoms with van der Waals surface area (Å²) in [5, 5.41) is 4.41. The van der Waals surface area contributed by atoms with Crippen molar-refractivity contribution in [2.45, 2.75) is 39.5 Å². The summed E-state index contributed by atoms with van der Waals surface area (Å²) in [5.74, 6) is 1.77. The molecule has 94 valence electrons. The Morgan fingerprint density at radius 3 is 2.65 bits per heavy atom. The second-order valence-electron chi connectivity index (χ2n) is 5.42. The molecule has 0 heterocycles. The Kier molecular flexibility index (Phi) is 4.33. The molecule has 2 heteroatoms. The summed E-state index contributed by atoms with van der Waals surface area (Å²) < 4.78 is 0. The van der Waals surface area contributed by atoms with E-state index >= 15 is 0 Å². The number of rotatable bonds is 3. The Morgan fingerprint density at radius 1 is 1.24 bits per heavy atom. The molecule has 1 saturated carbocycles. The van der Waals surface area contributed by atoms with E-state index in [-0.39, 0.29) is 0 Å². The lowest BCUT2D eigenvalue weighted by Crippen LogP contribution is -2.20. The van der Waals surface area contributed by atoms with Gasteiger partial charge >= 0.3 is 0 Å². The quantitative estimate of drug-likeness (QED) is 0.807. The van der Waals surface area contributed by atoms with E-state index in [0.717, 1.165) is 23.4 Å². The SMILES string of the molecule is Cc1c(Cl)cccc1NCC1CCC(C)CC1. The van der Waals surface area contributed by atoms with E-state index < -0.39 is 0 Å². The number of hydrogen-bond donors (Lipinski definition) is 1. The zero-order chi connectivity index (χ0) is 12.3. The molecule has 1 aliphatic rings. The summed E-state index contributed by atoms with van der Waals surface area (Å²) in [7, 11) is 0. The predicted octanol–water partition coefficient (Wildman–Crippen LogP) is 4.89. The third-order valence-electron chi connectivity index (χ3n) is 3.98. The standard InChI is InChI=1S/C15H22ClN/c1-11-6-8-13(9-7-11)10-17-15-5-3-4-14(16)12(15)2/h3-5,11,13,17H,6-10H2,1-2H3. The van der Waals surface area contributed by atoms with Gasteiger partial charge in [0.2, 0.25) is 0 Å². The molecule has 0 aliphatic heterocycles. The Bertz CT molecular complexity index is 367. The van der Waals surface area contributed by atoms with Crippen LogP contribution < -0.4 is 5.32 Å². The highest BCUT2D eigenvalue weighted by molar-refractivity contribution is 6.31. The Morgan fingerprint density at radius 2 is 1.94 bits per heavy atom. The number of halogens is 1. The van der Waals surface area contributed by atoms with Crippen LogP contribution in [0.3, 0.4) is 0 Å². The summed E-state index contributed by atoms with van der Waals surface area (Å²) >= 11 is 6.11. The number of anilines is 1. The highest BCUT2D eigenvalue weighted by Gasteiger charge is 2.17. The minimum Gasteiger partial charge on any atom is -0.385 e. The van der Waals surface area contributed by atoms with Gasteiger partial charge in [-0.15, -0.1) is 0 Å². The molecule has 1 aliphatic carbocycles. The Balaban J connectivity index is 1.87. The summed E-state index contributed by atoms with van der Waals surface area (Å²) in [6.07, 6.45) is 5.52. The molecule has 0 spiro atoms. The Hall–Kier alpha value is -0.690. The van der Waals surface area contributed by atoms with E-state index in [2.05, 4.69) is 25.2 Å². The van der Waals surface area contributed by atoms with Crippen molar-refractivity contribution in [3.63, 3.8) is 0 Å². The van der Waals surface area contributed by atoms with Gasteiger partial charge in [-0.3, -0.25) is 0 Å². The molecule has 0 radical (unpaired) electrons. The minimum atomic E-state index is 0.838. The topological polar surface area (TPSA) is 12.0 Å². The van der Waals surface area contributed by atoms with Crippen LogP contribution in [0.25, 0.3) is 0 Å². The molecule has 0 bridgehead atoms. The molecule has 1 nitrogen and oxygen atoms in total. The van der Waals surface area contributed by atoms with Gasteiger partial charge in [-0.1, -0.05) is 37.4 Å². The Labute approximate surface area is 110 Å². The maximum Gasteiger partial charge on any atom is 0.0455 e. The predicted molar refractivity (Wildman–Crippen MR) is 75.8 cm³/mol. The molecule has 1 N–H and O–H groups in total. The van der Waals surface area contributed by atoms with Gasteiger partial charge in [-0.2, -0.15) is 0 Å². The first-order valence-electron chi connectivity index (χ1n) is 6.66. The number of hydrogen-bond acceptors (Lipinski definition) is 1. The third kappa shape index (κ3) is 3.38. The van der Waals surface area contributed by atoms with Gasteiger partial charge in [0.05, 0.1) is 0 Å². The van der Waals surface area contributed by atoms with Crippen molar-refractivity contribution < 1.29 is 0 Å². The zero-order valence-corrected chi connectivity index (χ0v) is 11.6. The van der Waals surface area contributed by atoms with Gasteiger partial charge in [0.1, 0.15) is 0 Å². The van der Waals surface area contributed by atoms with Gasteiger partial charge < -0.3 is 5.32 Å². The van der Waals surface area contributed by atoms with Gasteiger partial charge in [0.15, 0.2) is 0 Å². The van der Waals surface area contributed by atoms with Crippen LogP contribution in [0, 0.1) is 18.8 Å². The van der Waals surface area contributed by atoms with Gasteiger partial charge in [-0.05, 0) is 49.3 Å². The van der Waals surface area contributed by atoms with Crippen molar-refractivity contribution in [3.8, 4) is 0 Å². The summed E-state index contributed by atoms with van der Waals surface area (Å²) in [6, 6.07) is 6.08. The van der Waals surface area contributed by atoms with E-state index in [4.69, 9.17) is 11.6 Å². The van der Waals surface area contributed by atoms with E-state index in [1.807, 2.05) is 12.1 Å². The van der Waals surface area contributed by atoms with Crippen LogP contribution in [0.1, 0.15) is 38.2 Å². The first-order chi connectivity index (χ1) is 8.16. The highest BCUT2D eigenvalue weighted by atomic mass is 35.5. The fourth-order valence-corrected chi connectivity index (χ4v) is 2.76. The first kappa shape index (κ1) is 12.8. The molecule has 0 unspecified atom stereocenters. The molecule has 0 atom stereocenters. The summed E-state index contributed by atoms with van der Waals surface area (Å²) in [4.78, 5) is 0. The van der Waals surface area contributed by atoms with Crippen LogP contribution in [0.5, 0.6) is 0 Å². The lowest BCUT2D eigenvalue weighted by atomic mass is 9.83. The van der Waals surface area contributed by atoms with Gasteiger partial charge in [0.25, 0.3) is 0 Å². The third-order valence-corrected chi connectivity index (χ3v) is 4.39. The molecule has 1 aromatic carbocycles. The maximum absolute atomic E-state index is 6.11. The van der Waals surface area contributed by atoms with Crippen molar-refractivity contribution in [1.82, 2.24) is 0 Å². The van der Waals surface area contributed by atoms with Crippen LogP contribution in [-0.2, 0) is 0 Å². The number of benzene rings is 1. The molecule has 0 saturated heterocycles. The molecule has 1 fully saturated rings. The lowest BCUT2D eigenvalue weighted by Gasteiger charge is -2.26. The van der Waals surface area contributed by atoms with Gasteiger partial charge in [0, 0.05) is 17.3 Å². The van der Waals surface area contributed by atoms with E-state index in [0.29, 0.717) is 0 Å². The zero-order valence-electron chi connectivity index (χ0n) is 10.8. The second kappa shape index (κ2) is 5.77. The molecule has 0 aromatic heterocycles. The van der Waals surface area contributed by atoms with Crippen molar-refractivity contribution >= 4 is 17.3 Å². The molecule has 0 amide bonds. The fraction of sp³-hybridized carbons (Fsp3) is 0.600. The lowest BCUT2D eigenvalue weighted by molar-refractivity contribution is 0.300. The van der Waals surface area contributed by atoms with E-state index in [1.165, 1.54) is 36.9 Å². The molecule has 2 rings (SSSR count). The maximum atomic E-state index is 6.11. The molecule has 17 heavy (non-hydrogen) atoms. The van der Waals surface area contributed by atoms with Crippen LogP contribution in [-0.4, -0.2) is 6.54 Å². The average molecular weight is 252 g/mol. The van der Waals surface area contributed by atoms with Crippen LogP contribution in [0.2, 0.25) is 5.02 Å². The number of nitrogens with one attached hydrogen (secondary N) is 1. The summed E-state index contributed by atoms with van der Waals surface area (Å²) in [5.41, 5.74) is 2.36. The van der Waals surface area contributed by atoms with E-state index in [9.17, 15) is 0 Å². The monoisotopic (exact) mass is 251 g/mol. The average Bonchev–Trinajstić information content (AvgIpc) is 2.33. The summed E-state index contributed by atoms with van der Waals surface area (Å²) in [6.45, 7) is 5.53. The van der Waals surface area contributed by atoms with Crippen molar-refractivity contribution in [2.75, 3.05) is 11.9 Å². The van der Waals surface area contributed by atoms with Crippen molar-refractivity contribution in [1.29, 1.82) is 0 Å². The van der Waals surface area contributed by atoms with Crippen LogP contribution in [0.15, 0.2) is 18.2 Å². The second-order valence-corrected chi connectivity index (χ2v) is 5.83. The largest absolute Gasteiger partial charge is 0.385 e. The highest BCUT2D eigenvalue weighted by Crippen LogP contribution is 2.29. The minimum absolute atomic E-state index is 0.838. The molecular weight excluding hydrogens is 230 g/mol.